The Morgan fingerprint density at radius 3 is 1.64 bits per heavy atom. The van der Waals surface area contributed by atoms with Crippen molar-refractivity contribution in [3.05, 3.63) is 84.7 Å². The summed E-state index contributed by atoms with van der Waals surface area (Å²) in [7, 11) is 0. The van der Waals surface area contributed by atoms with Crippen LogP contribution in [0.25, 0.3) is 22.8 Å². The average molecular weight is 951 g/mol. The van der Waals surface area contributed by atoms with Gasteiger partial charge in [-0.3, -0.25) is 9.88 Å². The number of benzene rings is 2. The number of carbonyl (C=O) groups excluding carboxylic acids is 3. The first-order valence-electron chi connectivity index (χ1n) is 22.8. The minimum atomic E-state index is -0.589. The number of urea groups is 1. The lowest BCUT2D eigenvalue weighted by Crippen LogP contribution is -2.50. The molecule has 364 valence electrons. The number of fused-ring (bicyclic) bond motifs is 2. The van der Waals surface area contributed by atoms with Crippen LogP contribution in [0.3, 0.4) is 0 Å². The number of nitrogens with one attached hydrogen (secondary N) is 2. The highest BCUT2D eigenvalue weighted by Gasteiger charge is 2.35. The van der Waals surface area contributed by atoms with Crippen LogP contribution in [0.5, 0.6) is 11.5 Å². The van der Waals surface area contributed by atoms with Crippen LogP contribution in [0.15, 0.2) is 73.1 Å². The highest BCUT2D eigenvalue weighted by molar-refractivity contribution is 6.03. The number of anilines is 5. The van der Waals surface area contributed by atoms with Gasteiger partial charge >= 0.3 is 18.2 Å². The van der Waals surface area contributed by atoms with Crippen molar-refractivity contribution in [3.8, 4) is 34.3 Å². The maximum absolute atomic E-state index is 14.1. The van der Waals surface area contributed by atoms with Crippen LogP contribution in [0.4, 0.5) is 52.1 Å². The Hall–Kier alpha value is -7.58. The lowest BCUT2D eigenvalue weighted by atomic mass is 10.2. The highest BCUT2D eigenvalue weighted by atomic mass is 19.1. The van der Waals surface area contributed by atoms with Gasteiger partial charge in [0.15, 0.2) is 34.9 Å². The lowest BCUT2D eigenvalue weighted by Gasteiger charge is -2.38. The van der Waals surface area contributed by atoms with E-state index in [0.717, 1.165) is 0 Å². The van der Waals surface area contributed by atoms with Gasteiger partial charge < -0.3 is 49.2 Å². The van der Waals surface area contributed by atoms with Crippen molar-refractivity contribution >= 4 is 47.2 Å². The number of piperazine rings is 2. The third kappa shape index (κ3) is 11.9. The van der Waals surface area contributed by atoms with E-state index in [4.69, 9.17) is 28.9 Å². The fourth-order valence-electron chi connectivity index (χ4n) is 7.72. The van der Waals surface area contributed by atoms with Crippen LogP contribution < -0.4 is 34.8 Å². The van der Waals surface area contributed by atoms with E-state index in [0.29, 0.717) is 117 Å². The van der Waals surface area contributed by atoms with Crippen molar-refractivity contribution in [1.29, 1.82) is 0 Å². The maximum Gasteiger partial charge on any atom is 0.410 e. The summed E-state index contributed by atoms with van der Waals surface area (Å²) < 4.78 is 50.7. The molecule has 9 rings (SSSR count). The van der Waals surface area contributed by atoms with Crippen LogP contribution in [0.1, 0.15) is 41.5 Å². The van der Waals surface area contributed by atoms with Gasteiger partial charge in [0.25, 0.3) is 0 Å². The summed E-state index contributed by atoms with van der Waals surface area (Å²) in [5, 5.41) is 6.09. The lowest BCUT2D eigenvalue weighted by molar-refractivity contribution is 0.0229. The van der Waals surface area contributed by atoms with E-state index >= 15 is 0 Å². The van der Waals surface area contributed by atoms with Gasteiger partial charge in [0.2, 0.25) is 11.5 Å². The first kappa shape index (κ1) is 47.9. The summed E-state index contributed by atoms with van der Waals surface area (Å²) in [4.78, 5) is 69.7. The number of hydrogen-bond acceptors (Lipinski definition) is 15. The number of nitrogens with zero attached hydrogens (tertiary/aromatic N) is 10. The number of carbonyl (C=O) groups is 3. The molecule has 19 nitrogen and oxygen atoms in total. The summed E-state index contributed by atoms with van der Waals surface area (Å²) in [6, 6.07) is 15.2. The second-order valence-electron chi connectivity index (χ2n) is 18.4. The molecule has 0 spiro atoms. The van der Waals surface area contributed by atoms with Gasteiger partial charge in [-0.15, -0.1) is 0 Å². The van der Waals surface area contributed by atoms with Crippen molar-refractivity contribution in [2.75, 3.05) is 104 Å². The minimum absolute atomic E-state index is 0.240. The molecule has 2 saturated heterocycles. The third-order valence-corrected chi connectivity index (χ3v) is 10.9. The van der Waals surface area contributed by atoms with Crippen LogP contribution in [-0.2, 0) is 9.47 Å². The smallest absolute Gasteiger partial charge is 0.410 e. The van der Waals surface area contributed by atoms with E-state index in [-0.39, 0.29) is 42.8 Å². The number of halogens is 2. The normalized spacial score (nSPS) is 15.8. The molecule has 7 heterocycles. The van der Waals surface area contributed by atoms with Gasteiger partial charge in [-0.2, -0.15) is 0 Å². The largest absolute Gasteiger partial charge is 0.485 e. The van der Waals surface area contributed by atoms with E-state index in [1.54, 1.807) is 58.6 Å². The molecule has 4 aliphatic heterocycles. The van der Waals surface area contributed by atoms with E-state index < -0.39 is 23.1 Å². The quantitative estimate of drug-likeness (QED) is 0.178. The second-order valence-corrected chi connectivity index (χ2v) is 18.4. The molecular weight excluding hydrogens is 895 g/mol. The van der Waals surface area contributed by atoms with Crippen LogP contribution >= 0.6 is 0 Å². The van der Waals surface area contributed by atoms with E-state index in [1.165, 1.54) is 29.2 Å². The van der Waals surface area contributed by atoms with Crippen molar-refractivity contribution in [2.45, 2.75) is 52.7 Å². The van der Waals surface area contributed by atoms with Crippen molar-refractivity contribution in [3.63, 3.8) is 0 Å². The fraction of sp³-hybridized carbons (Fsp3) is 0.417. The monoisotopic (exact) mass is 950 g/mol. The molecule has 21 heteroatoms. The molecule has 0 saturated carbocycles. The average Bonchev–Trinajstić information content (AvgIpc) is 3.32. The first-order chi connectivity index (χ1) is 33.0. The Morgan fingerprint density at radius 1 is 0.623 bits per heavy atom. The second kappa shape index (κ2) is 20.3. The number of aromatic nitrogens is 5. The molecule has 2 fully saturated rings. The number of rotatable bonds is 5. The molecule has 2 aromatic carbocycles. The Morgan fingerprint density at radius 2 is 1.12 bits per heavy atom. The molecule has 3 aromatic heterocycles. The molecule has 69 heavy (non-hydrogen) atoms. The molecule has 2 N–H and O–H groups in total. The number of amides is 4. The molecular formula is C48H56F2N12O7. The number of hydrogen-bond donors (Lipinski definition) is 2. The van der Waals surface area contributed by atoms with Gasteiger partial charge in [-0.1, -0.05) is 24.3 Å². The molecule has 0 atom stereocenters. The zero-order valence-corrected chi connectivity index (χ0v) is 39.5. The first-order valence-corrected chi connectivity index (χ1v) is 22.8. The highest BCUT2D eigenvalue weighted by Crippen LogP contribution is 2.41. The fourth-order valence-corrected chi connectivity index (χ4v) is 7.72. The van der Waals surface area contributed by atoms with Crippen LogP contribution in [0.2, 0.25) is 0 Å². The predicted octanol–water partition coefficient (Wildman–Crippen LogP) is 7.31. The summed E-state index contributed by atoms with van der Waals surface area (Å²) in [6.07, 6.45) is 2.48. The standard InChI is InChI=1S/C27H30FN7O4.C21H26FN5O3/c1-27(2,3)39-26(37)34-13-11-33(12-14-34)23-21-24(32-22(31-23)18-5-4-6-19(28)17-18)35(15-16-38-21)25(36)30-20-7-9-29-10-8-20;1-21(2,3)30-20(28)27-10-8-26(9-11-27)19-16-18(23-7-12-29-16)24-17(25-19)14-5-4-6-15(22)13-14/h4-10,17H,11-16H2,1-3H3,(H,29,30,36);4-6,13H,7-12H2,1-3H3,(H,23,24,25). The van der Waals surface area contributed by atoms with Gasteiger partial charge in [0.1, 0.15) is 36.1 Å². The molecule has 5 aromatic rings. The Bertz CT molecular complexity index is 2650. The van der Waals surface area contributed by atoms with Gasteiger partial charge in [-0.25, -0.2) is 43.1 Å². The Kier molecular flexibility index (Phi) is 14.1. The zero-order chi connectivity index (χ0) is 48.9. The molecule has 0 radical (unpaired) electrons. The van der Waals surface area contributed by atoms with E-state index in [2.05, 4.69) is 30.5 Å². The van der Waals surface area contributed by atoms with Gasteiger partial charge in [-0.05, 0) is 77.9 Å². The molecule has 0 aliphatic carbocycles. The third-order valence-electron chi connectivity index (χ3n) is 10.9. The van der Waals surface area contributed by atoms with Crippen LogP contribution in [0, 0.1) is 11.6 Å². The number of ether oxygens (including phenoxy) is 4. The molecule has 4 aliphatic rings. The predicted molar refractivity (Wildman–Crippen MR) is 255 cm³/mol. The number of pyridine rings is 1. The van der Waals surface area contributed by atoms with Crippen molar-refractivity contribution in [1.82, 2.24) is 34.7 Å². The topological polar surface area (TPSA) is 193 Å². The van der Waals surface area contributed by atoms with Gasteiger partial charge in [0, 0.05) is 81.6 Å². The Labute approximate surface area is 398 Å². The maximum atomic E-state index is 14.1. The summed E-state index contributed by atoms with van der Waals surface area (Å²) in [5.74, 6) is 2.87. The van der Waals surface area contributed by atoms with Gasteiger partial charge in [0.05, 0.1) is 13.1 Å². The van der Waals surface area contributed by atoms with Crippen molar-refractivity contribution < 1.29 is 42.1 Å². The van der Waals surface area contributed by atoms with E-state index in [1.807, 2.05) is 46.4 Å². The molecule has 0 bridgehead atoms. The molecule has 4 amide bonds. The Balaban J connectivity index is 0.000000192. The zero-order valence-electron chi connectivity index (χ0n) is 39.5. The summed E-state index contributed by atoms with van der Waals surface area (Å²) in [6.45, 7) is 16.6. The van der Waals surface area contributed by atoms with E-state index in [9.17, 15) is 23.2 Å². The summed E-state index contributed by atoms with van der Waals surface area (Å²) >= 11 is 0. The molecule has 0 unspecified atom stereocenters. The minimum Gasteiger partial charge on any atom is -0.485 e. The van der Waals surface area contributed by atoms with Crippen LogP contribution in [-0.4, -0.2) is 143 Å². The SMILES string of the molecule is CC(C)(C)OC(=O)N1CCN(c2nc(-c3cccc(F)c3)nc3c2OCCN3)CC1.CC(C)(C)OC(=O)N1CCN(c2nc(-c3cccc(F)c3)nc3c2OCCN3C(=O)Nc2ccncc2)CC1. The summed E-state index contributed by atoms with van der Waals surface area (Å²) in [5.41, 5.74) is 0.527. The van der Waals surface area contributed by atoms with Crippen molar-refractivity contribution in [2.24, 2.45) is 0 Å².